The molecule has 0 aromatic rings. The summed E-state index contributed by atoms with van der Waals surface area (Å²) in [5.41, 5.74) is -2.81. The molecule has 2 radical (unpaired) electrons. The van der Waals surface area contributed by atoms with Gasteiger partial charge in [-0.1, -0.05) is 47.5 Å². The summed E-state index contributed by atoms with van der Waals surface area (Å²) in [7, 11) is 0. The molecule has 4 heterocycles. The Labute approximate surface area is 313 Å². The number of carbonyl (C=O) groups is 2. The highest BCUT2D eigenvalue weighted by molar-refractivity contribution is 5.69. The van der Waals surface area contributed by atoms with E-state index in [1.807, 2.05) is 48.5 Å². The van der Waals surface area contributed by atoms with E-state index in [2.05, 4.69) is 13.8 Å². The largest absolute Gasteiger partial charge is 0.465 e. The average Bonchev–Trinajstić information content (AvgIpc) is 3.11. The molecule has 4 fully saturated rings. The minimum Gasteiger partial charge on any atom is -0.465 e. The Morgan fingerprint density at radius 1 is 0.558 bits per heavy atom. The smallest absolute Gasteiger partial charge is 0.305 e. The molecule has 52 heavy (non-hydrogen) atoms. The molecule has 300 valence electrons. The van der Waals surface area contributed by atoms with Gasteiger partial charge in [0.1, 0.15) is 13.2 Å². The number of nitrogens with zero attached hydrogens (tertiary/aromatic N) is 2. The van der Waals surface area contributed by atoms with Crippen LogP contribution in [0.3, 0.4) is 0 Å². The van der Waals surface area contributed by atoms with Crippen LogP contribution in [0.25, 0.3) is 0 Å². The van der Waals surface area contributed by atoms with Crippen molar-refractivity contribution in [3.05, 3.63) is 0 Å². The first kappa shape index (κ1) is 43.3. The summed E-state index contributed by atoms with van der Waals surface area (Å²) in [6, 6.07) is 0. The van der Waals surface area contributed by atoms with Gasteiger partial charge in [0.15, 0.2) is 11.6 Å². The fourth-order valence-corrected chi connectivity index (χ4v) is 9.51. The highest BCUT2D eigenvalue weighted by Crippen LogP contribution is 2.53. The predicted octanol–water partition coefficient (Wildman–Crippen LogP) is 7.47. The second kappa shape index (κ2) is 16.4. The van der Waals surface area contributed by atoms with Crippen molar-refractivity contribution in [1.82, 2.24) is 10.1 Å². The van der Waals surface area contributed by atoms with E-state index >= 15 is 0 Å². The third kappa shape index (κ3) is 9.52. The zero-order valence-corrected chi connectivity index (χ0v) is 34.1. The number of unbranched alkanes of at least 4 members (excludes halogenated alkanes) is 3. The Balaban J connectivity index is 1.09. The van der Waals surface area contributed by atoms with Gasteiger partial charge in [-0.3, -0.25) is 9.59 Å². The molecule has 4 saturated heterocycles. The summed E-state index contributed by atoms with van der Waals surface area (Å²) in [6.07, 6.45) is 8.95. The molecule has 0 aliphatic carbocycles. The molecular formula is C40H70N2O10. The van der Waals surface area contributed by atoms with Gasteiger partial charge in [-0.15, -0.1) is 20.5 Å². The van der Waals surface area contributed by atoms with E-state index in [-0.39, 0.29) is 37.0 Å². The van der Waals surface area contributed by atoms with Crippen LogP contribution in [0.4, 0.5) is 0 Å². The maximum Gasteiger partial charge on any atom is 0.305 e. The lowest BCUT2D eigenvalue weighted by atomic mass is 9.63. The first-order valence-electron chi connectivity index (χ1n) is 20.0. The zero-order chi connectivity index (χ0) is 38.7. The molecule has 0 bridgehead atoms. The fraction of sp³-hybridized carbons (Fsp3) is 0.950. The molecule has 12 nitrogen and oxygen atoms in total. The van der Waals surface area contributed by atoms with Gasteiger partial charge in [0, 0.05) is 47.6 Å². The fourth-order valence-electron chi connectivity index (χ4n) is 9.51. The summed E-state index contributed by atoms with van der Waals surface area (Å²) in [5, 5.41) is 29.1. The van der Waals surface area contributed by atoms with Crippen molar-refractivity contribution < 1.29 is 48.4 Å². The Kier molecular flexibility index (Phi) is 13.7. The van der Waals surface area contributed by atoms with Crippen molar-refractivity contribution in [3.8, 4) is 0 Å². The van der Waals surface area contributed by atoms with Gasteiger partial charge < -0.3 is 28.4 Å². The topological polar surface area (TPSA) is 136 Å². The second-order valence-electron chi connectivity index (χ2n) is 18.5. The van der Waals surface area contributed by atoms with Crippen LogP contribution in [0.2, 0.25) is 0 Å². The standard InChI is InChI=1S/C40H70N2O10/c1-11-38(12-2)23-37(21-33(5,6)41(38)45)29-49-36(10,50-30-37)28-48-32(44)20-18-16-15-17-19-31(43)47-25-35(9)26-51-40(52-27-35)22-34(7,8)42(46)39(13-3,14-4)24-40/h11-30H2,1-10H3. The molecule has 0 aromatic heterocycles. The summed E-state index contributed by atoms with van der Waals surface area (Å²) in [4.78, 5) is 25.1. The van der Waals surface area contributed by atoms with E-state index in [1.54, 1.807) is 6.92 Å². The van der Waals surface area contributed by atoms with E-state index in [0.29, 0.717) is 65.0 Å². The van der Waals surface area contributed by atoms with Crippen molar-refractivity contribution in [2.75, 3.05) is 39.6 Å². The minimum absolute atomic E-state index is 0.0164. The van der Waals surface area contributed by atoms with Crippen LogP contribution in [-0.2, 0) is 48.4 Å². The van der Waals surface area contributed by atoms with E-state index in [9.17, 15) is 20.0 Å². The first-order chi connectivity index (χ1) is 24.2. The van der Waals surface area contributed by atoms with Crippen molar-refractivity contribution in [2.24, 2.45) is 10.8 Å². The molecule has 0 saturated carbocycles. The molecule has 4 aliphatic heterocycles. The molecular weight excluding hydrogens is 668 g/mol. The molecule has 2 spiro atoms. The lowest BCUT2D eigenvalue weighted by Gasteiger charge is -2.59. The normalized spacial score (nSPS) is 32.5. The molecule has 4 rings (SSSR count). The van der Waals surface area contributed by atoms with Gasteiger partial charge in [0.25, 0.3) is 0 Å². The molecule has 0 atom stereocenters. The van der Waals surface area contributed by atoms with Gasteiger partial charge in [-0.25, -0.2) is 0 Å². The summed E-state index contributed by atoms with van der Waals surface area (Å²) in [5.74, 6) is -2.37. The number of rotatable bonds is 15. The number of esters is 2. The maximum absolute atomic E-state index is 13.3. The average molecular weight is 739 g/mol. The van der Waals surface area contributed by atoms with Gasteiger partial charge in [0.05, 0.1) is 37.5 Å². The lowest BCUT2D eigenvalue weighted by Crippen LogP contribution is -2.68. The lowest BCUT2D eigenvalue weighted by molar-refractivity contribution is -0.392. The third-order valence-corrected chi connectivity index (χ3v) is 12.7. The van der Waals surface area contributed by atoms with Gasteiger partial charge in [-0.2, -0.15) is 0 Å². The van der Waals surface area contributed by atoms with Crippen LogP contribution in [-0.4, -0.2) is 95.4 Å². The second-order valence-corrected chi connectivity index (χ2v) is 18.5. The molecule has 0 aromatic carbocycles. The van der Waals surface area contributed by atoms with E-state index in [0.717, 1.165) is 44.9 Å². The maximum atomic E-state index is 13.3. The first-order valence-corrected chi connectivity index (χ1v) is 20.0. The quantitative estimate of drug-likeness (QED) is 0.123. The SMILES string of the molecule is CCC1(CC)CC2(COC(C)(COC(=O)CCCCCCC(=O)OCC3(C)COC4(CC(C)(C)N([O])C(CC)(CC)C4)OC3)OC2)CC(C)(C)N1[O]. The van der Waals surface area contributed by atoms with Crippen LogP contribution in [0, 0.1) is 10.8 Å². The summed E-state index contributed by atoms with van der Waals surface area (Å²) in [6.45, 7) is 21.9. The van der Waals surface area contributed by atoms with Crippen molar-refractivity contribution in [3.63, 3.8) is 0 Å². The van der Waals surface area contributed by atoms with Crippen LogP contribution >= 0.6 is 0 Å². The van der Waals surface area contributed by atoms with E-state index in [4.69, 9.17) is 28.4 Å². The van der Waals surface area contributed by atoms with E-state index < -0.39 is 39.1 Å². The number of hydrogen-bond donors (Lipinski definition) is 0. The van der Waals surface area contributed by atoms with Crippen molar-refractivity contribution >= 4 is 11.9 Å². The van der Waals surface area contributed by atoms with Gasteiger partial charge in [-0.05, 0) is 86.0 Å². The molecule has 12 heteroatoms. The number of carbonyl (C=O) groups excluding carboxylic acids is 2. The number of piperidine rings is 2. The summed E-state index contributed by atoms with van der Waals surface area (Å²) < 4.78 is 36.5. The third-order valence-electron chi connectivity index (χ3n) is 12.7. The van der Waals surface area contributed by atoms with Crippen LogP contribution in [0.1, 0.15) is 159 Å². The van der Waals surface area contributed by atoms with E-state index in [1.165, 1.54) is 10.1 Å². The zero-order valence-electron chi connectivity index (χ0n) is 34.1. The highest BCUT2D eigenvalue weighted by atomic mass is 16.7. The molecule has 0 unspecified atom stereocenters. The van der Waals surface area contributed by atoms with Crippen molar-refractivity contribution in [2.45, 2.75) is 193 Å². The monoisotopic (exact) mass is 739 g/mol. The van der Waals surface area contributed by atoms with Gasteiger partial charge in [0.2, 0.25) is 0 Å². The summed E-state index contributed by atoms with van der Waals surface area (Å²) >= 11 is 0. The van der Waals surface area contributed by atoms with Crippen LogP contribution < -0.4 is 0 Å². The number of hydroxylamine groups is 4. The molecule has 0 amide bonds. The Bertz CT molecular complexity index is 1100. The Hall–Kier alpha value is -1.38. The Morgan fingerprint density at radius 3 is 1.48 bits per heavy atom. The number of ether oxygens (including phenoxy) is 6. The van der Waals surface area contributed by atoms with Gasteiger partial charge >= 0.3 is 11.9 Å². The Morgan fingerprint density at radius 2 is 1.00 bits per heavy atom. The molecule has 0 N–H and O–H groups in total. The molecule has 4 aliphatic rings. The van der Waals surface area contributed by atoms with Crippen LogP contribution in [0.5, 0.6) is 0 Å². The van der Waals surface area contributed by atoms with Crippen molar-refractivity contribution in [1.29, 1.82) is 0 Å². The minimum atomic E-state index is -1.02. The number of hydrogen-bond acceptors (Lipinski definition) is 10. The van der Waals surface area contributed by atoms with Crippen LogP contribution in [0.15, 0.2) is 0 Å². The predicted molar refractivity (Wildman–Crippen MR) is 193 cm³/mol. The highest BCUT2D eigenvalue weighted by Gasteiger charge is 2.60.